The molecule has 0 rings (SSSR count). The van der Waals surface area contributed by atoms with Gasteiger partial charge in [-0.1, -0.05) is 0 Å². The third kappa shape index (κ3) is 7.76. The molecule has 0 unspecified atom stereocenters. The summed E-state index contributed by atoms with van der Waals surface area (Å²) in [6.45, 7) is 10.6. The molecule has 1 nitrogen and oxygen atoms in total. The second-order valence-electron chi connectivity index (χ2n) is 3.43. The third-order valence-electron chi connectivity index (χ3n) is 0.648. The molecular weight excluding hydrogens is 128 g/mol. The van der Waals surface area contributed by atoms with Crippen molar-refractivity contribution < 1.29 is 4.43 Å². The maximum absolute atomic E-state index is 5.47. The van der Waals surface area contributed by atoms with Crippen molar-refractivity contribution in [2.24, 2.45) is 0 Å². The van der Waals surface area contributed by atoms with Gasteiger partial charge in [-0.25, -0.2) is 0 Å². The summed E-state index contributed by atoms with van der Waals surface area (Å²) in [5, 5.41) is 0. The van der Waals surface area contributed by atoms with Crippen molar-refractivity contribution in [2.45, 2.75) is 33.5 Å². The van der Waals surface area contributed by atoms with Gasteiger partial charge in [-0.15, -0.1) is 0 Å². The zero-order chi connectivity index (χ0) is 7.49. The Balaban J connectivity index is 3.64. The van der Waals surface area contributed by atoms with Crippen LogP contribution in [0.2, 0.25) is 19.6 Å². The molecule has 0 aliphatic carbocycles. The molecule has 0 aromatic carbocycles. The average Bonchev–Trinajstić information content (AvgIpc) is 1.59. The molecule has 0 aliphatic rings. The van der Waals surface area contributed by atoms with E-state index in [-0.39, 0.29) is 0 Å². The quantitative estimate of drug-likeness (QED) is 0.428. The molecule has 0 saturated heterocycles. The molecule has 0 aromatic rings. The van der Waals surface area contributed by atoms with E-state index >= 15 is 0 Å². The standard InChI is InChI=1S/C7H16OSi/c1-7(2)6-8-9(3,4)5/h6H,1-5H3. The fraction of sp³-hybridized carbons (Fsp3) is 0.714. The lowest BCUT2D eigenvalue weighted by Crippen LogP contribution is -2.22. The average molecular weight is 144 g/mol. The topological polar surface area (TPSA) is 9.23 Å². The van der Waals surface area contributed by atoms with E-state index in [1.54, 1.807) is 0 Å². The summed E-state index contributed by atoms with van der Waals surface area (Å²) in [6, 6.07) is 0. The van der Waals surface area contributed by atoms with Gasteiger partial charge in [0, 0.05) is 0 Å². The van der Waals surface area contributed by atoms with Crippen molar-refractivity contribution in [1.29, 1.82) is 0 Å². The van der Waals surface area contributed by atoms with Crippen LogP contribution in [0.15, 0.2) is 11.8 Å². The summed E-state index contributed by atoms with van der Waals surface area (Å²) < 4.78 is 5.47. The second kappa shape index (κ2) is 3.06. The van der Waals surface area contributed by atoms with E-state index < -0.39 is 8.32 Å². The fourth-order valence-electron chi connectivity index (χ4n) is 0.295. The third-order valence-corrected chi connectivity index (χ3v) is 1.47. The van der Waals surface area contributed by atoms with Crippen molar-refractivity contribution in [1.82, 2.24) is 0 Å². The molecule has 54 valence electrons. The largest absolute Gasteiger partial charge is 0.550 e. The maximum atomic E-state index is 5.47. The molecule has 2 heteroatoms. The first-order valence-electron chi connectivity index (χ1n) is 3.23. The Kier molecular flexibility index (Phi) is 2.98. The van der Waals surface area contributed by atoms with Crippen molar-refractivity contribution in [3.05, 3.63) is 11.8 Å². The van der Waals surface area contributed by atoms with Crippen LogP contribution >= 0.6 is 0 Å². The number of allylic oxidation sites excluding steroid dienone is 1. The summed E-state index contributed by atoms with van der Waals surface area (Å²) in [5.74, 6) is 0. The summed E-state index contributed by atoms with van der Waals surface area (Å²) in [5.41, 5.74) is 1.23. The second-order valence-corrected chi connectivity index (χ2v) is 7.89. The van der Waals surface area contributed by atoms with Gasteiger partial charge in [0.25, 0.3) is 0 Å². The van der Waals surface area contributed by atoms with Gasteiger partial charge < -0.3 is 4.43 Å². The minimum Gasteiger partial charge on any atom is -0.550 e. The highest BCUT2D eigenvalue weighted by atomic mass is 28.4. The van der Waals surface area contributed by atoms with Crippen LogP contribution in [0, 0.1) is 0 Å². The molecule has 0 amide bonds. The fourth-order valence-corrected chi connectivity index (χ4v) is 0.884. The summed E-state index contributed by atoms with van der Waals surface area (Å²) in [4.78, 5) is 0. The van der Waals surface area contributed by atoms with E-state index in [1.165, 1.54) is 5.57 Å². The highest BCUT2D eigenvalue weighted by Crippen LogP contribution is 2.04. The normalized spacial score (nSPS) is 10.8. The van der Waals surface area contributed by atoms with E-state index in [9.17, 15) is 0 Å². The van der Waals surface area contributed by atoms with E-state index in [4.69, 9.17) is 4.43 Å². The lowest BCUT2D eigenvalue weighted by molar-refractivity contribution is 0.474. The Bertz CT molecular complexity index is 107. The SMILES string of the molecule is CC(C)=CO[Si](C)(C)C. The Morgan fingerprint density at radius 3 is 1.78 bits per heavy atom. The van der Waals surface area contributed by atoms with Gasteiger partial charge in [0.05, 0.1) is 6.26 Å². The van der Waals surface area contributed by atoms with Crippen LogP contribution in [0.4, 0.5) is 0 Å². The van der Waals surface area contributed by atoms with E-state index in [0.717, 1.165) is 0 Å². The number of hydrogen-bond donors (Lipinski definition) is 0. The van der Waals surface area contributed by atoms with Gasteiger partial charge in [0.15, 0.2) is 0 Å². The highest BCUT2D eigenvalue weighted by Gasteiger charge is 2.12. The van der Waals surface area contributed by atoms with E-state index in [2.05, 4.69) is 19.6 Å². The Morgan fingerprint density at radius 1 is 1.22 bits per heavy atom. The highest BCUT2D eigenvalue weighted by molar-refractivity contribution is 6.69. The molecule has 0 saturated carbocycles. The predicted molar refractivity (Wildman–Crippen MR) is 43.9 cm³/mol. The molecule has 0 bridgehead atoms. The molecule has 0 fully saturated rings. The Morgan fingerprint density at radius 2 is 1.67 bits per heavy atom. The molecule has 9 heavy (non-hydrogen) atoms. The first kappa shape index (κ1) is 8.76. The van der Waals surface area contributed by atoms with Crippen LogP contribution < -0.4 is 0 Å². The minimum absolute atomic E-state index is 1.23. The van der Waals surface area contributed by atoms with Crippen molar-refractivity contribution >= 4 is 8.32 Å². The molecular formula is C7H16OSi. The van der Waals surface area contributed by atoms with Gasteiger partial charge in [-0.05, 0) is 39.1 Å². The van der Waals surface area contributed by atoms with Gasteiger partial charge in [-0.3, -0.25) is 0 Å². The molecule has 0 aromatic heterocycles. The van der Waals surface area contributed by atoms with Crippen molar-refractivity contribution in [3.63, 3.8) is 0 Å². The van der Waals surface area contributed by atoms with Crippen LogP contribution in [0.25, 0.3) is 0 Å². The summed E-state index contributed by atoms with van der Waals surface area (Å²) in [7, 11) is -1.30. The molecule has 0 radical (unpaired) electrons. The monoisotopic (exact) mass is 144 g/mol. The van der Waals surface area contributed by atoms with Crippen LogP contribution in [-0.4, -0.2) is 8.32 Å². The van der Waals surface area contributed by atoms with Crippen LogP contribution in [-0.2, 0) is 4.43 Å². The summed E-state index contributed by atoms with van der Waals surface area (Å²) >= 11 is 0. The first-order valence-corrected chi connectivity index (χ1v) is 6.64. The molecule has 0 atom stereocenters. The zero-order valence-corrected chi connectivity index (χ0v) is 7.99. The molecule has 0 heterocycles. The lowest BCUT2D eigenvalue weighted by Gasteiger charge is -2.15. The van der Waals surface area contributed by atoms with Gasteiger partial charge in [0.2, 0.25) is 8.32 Å². The molecule has 0 aliphatic heterocycles. The maximum Gasteiger partial charge on any atom is 0.241 e. The predicted octanol–water partition coefficient (Wildman–Crippen LogP) is 2.76. The Labute approximate surface area is 58.9 Å². The smallest absolute Gasteiger partial charge is 0.241 e. The lowest BCUT2D eigenvalue weighted by atomic mass is 10.4. The van der Waals surface area contributed by atoms with Gasteiger partial charge in [-0.2, -0.15) is 0 Å². The van der Waals surface area contributed by atoms with Crippen LogP contribution in [0.3, 0.4) is 0 Å². The van der Waals surface area contributed by atoms with E-state index in [0.29, 0.717) is 0 Å². The molecule has 0 spiro atoms. The van der Waals surface area contributed by atoms with Gasteiger partial charge in [0.1, 0.15) is 0 Å². The van der Waals surface area contributed by atoms with E-state index in [1.807, 2.05) is 20.1 Å². The van der Waals surface area contributed by atoms with Crippen molar-refractivity contribution in [3.8, 4) is 0 Å². The van der Waals surface area contributed by atoms with Gasteiger partial charge >= 0.3 is 0 Å². The first-order chi connectivity index (χ1) is 3.92. The Hall–Kier alpha value is -0.243. The van der Waals surface area contributed by atoms with Crippen molar-refractivity contribution in [2.75, 3.05) is 0 Å². The van der Waals surface area contributed by atoms with Crippen LogP contribution in [0.1, 0.15) is 13.8 Å². The summed E-state index contributed by atoms with van der Waals surface area (Å²) in [6.07, 6.45) is 1.85. The zero-order valence-electron chi connectivity index (χ0n) is 6.99. The number of hydrogen-bond acceptors (Lipinski definition) is 1. The minimum atomic E-state index is -1.30. The molecule has 0 N–H and O–H groups in total. The number of rotatable bonds is 2. The van der Waals surface area contributed by atoms with Crippen LogP contribution in [0.5, 0.6) is 0 Å².